The molecule has 5 heterocycles. The molecule has 0 aliphatic carbocycles. The molecule has 15 nitrogen and oxygen atoms in total. The van der Waals surface area contributed by atoms with E-state index in [1.807, 2.05) is 19.0 Å². The zero-order valence-electron chi connectivity index (χ0n) is 23.0. The van der Waals surface area contributed by atoms with Gasteiger partial charge in [-0.05, 0) is 21.0 Å². The van der Waals surface area contributed by atoms with Crippen molar-refractivity contribution in [1.82, 2.24) is 33.7 Å². The number of nitrogen functional groups attached to an aromatic ring is 1. The molecular weight excluding hydrogens is 555 g/mol. The topological polar surface area (TPSA) is 183 Å². The summed E-state index contributed by atoms with van der Waals surface area (Å²) >= 11 is 0. The molecule has 2 aliphatic rings. The Labute approximate surface area is 236 Å². The summed E-state index contributed by atoms with van der Waals surface area (Å²) < 4.78 is 32.1. The molecule has 5 rings (SSSR count). The van der Waals surface area contributed by atoms with Crippen LogP contribution in [0, 0.1) is 18.8 Å². The Hall–Kier alpha value is -3.35. The number of anilines is 1. The fourth-order valence-electron chi connectivity index (χ4n) is 4.93. The van der Waals surface area contributed by atoms with E-state index in [1.165, 1.54) is 18.7 Å². The van der Waals surface area contributed by atoms with Gasteiger partial charge in [0.2, 0.25) is 0 Å². The van der Waals surface area contributed by atoms with Gasteiger partial charge in [0.1, 0.15) is 42.0 Å². The predicted octanol–water partition coefficient (Wildman–Crippen LogP) is -0.0274. The molecule has 0 bridgehead atoms. The van der Waals surface area contributed by atoms with Crippen LogP contribution in [-0.2, 0) is 23.4 Å². The van der Waals surface area contributed by atoms with Crippen molar-refractivity contribution in [3.8, 4) is 11.8 Å². The first-order chi connectivity index (χ1) is 19.5. The third-order valence-electron chi connectivity index (χ3n) is 7.27. The molecule has 0 aromatic carbocycles. The van der Waals surface area contributed by atoms with Crippen molar-refractivity contribution in [2.24, 2.45) is 0 Å². The first-order valence-electron chi connectivity index (χ1n) is 13.0. The minimum Gasteiger partial charge on any atom is -0.451 e. The van der Waals surface area contributed by atoms with Crippen molar-refractivity contribution in [3.63, 3.8) is 0 Å². The first-order valence-corrected chi connectivity index (χ1v) is 14.5. The van der Waals surface area contributed by atoms with E-state index in [4.69, 9.17) is 19.7 Å². The molecule has 220 valence electrons. The summed E-state index contributed by atoms with van der Waals surface area (Å²) in [4.78, 5) is 39.3. The number of rotatable bonds is 7. The Kier molecular flexibility index (Phi) is 8.44. The van der Waals surface area contributed by atoms with Crippen LogP contribution in [0.5, 0.6) is 0 Å². The number of nitrogens with two attached hydrogens (primary N) is 1. The SMILES string of the molecule is Cc1nccn1P(=O)(O)OC[C@H]1O[C@@H](n2cc(C#CCOC(=O)C3CN(C)CCN3C)c3c(N)ncnc32)CC1O. The lowest BCUT2D eigenvalue weighted by molar-refractivity contribution is -0.150. The third-order valence-corrected chi connectivity index (χ3v) is 8.72. The Bertz CT molecular complexity index is 1530. The van der Waals surface area contributed by atoms with Gasteiger partial charge in [0.25, 0.3) is 0 Å². The van der Waals surface area contributed by atoms with Crippen LogP contribution in [0.2, 0.25) is 0 Å². The summed E-state index contributed by atoms with van der Waals surface area (Å²) in [6, 6.07) is -0.354. The quantitative estimate of drug-likeness (QED) is 0.190. The van der Waals surface area contributed by atoms with Crippen LogP contribution in [0.15, 0.2) is 24.9 Å². The predicted molar refractivity (Wildman–Crippen MR) is 146 cm³/mol. The smallest absolute Gasteiger partial charge is 0.437 e. The van der Waals surface area contributed by atoms with Crippen LogP contribution in [0.1, 0.15) is 24.0 Å². The number of carbonyl (C=O) groups excluding carboxylic acids is 1. The fourth-order valence-corrected chi connectivity index (χ4v) is 6.04. The zero-order chi connectivity index (χ0) is 29.3. The largest absolute Gasteiger partial charge is 0.451 e. The normalized spacial score (nSPS) is 25.1. The van der Waals surface area contributed by atoms with Gasteiger partial charge in [0, 0.05) is 44.6 Å². The molecule has 4 N–H and O–H groups in total. The van der Waals surface area contributed by atoms with Crippen molar-refractivity contribution < 1.29 is 33.4 Å². The zero-order valence-corrected chi connectivity index (χ0v) is 23.8. The average Bonchev–Trinajstić information content (AvgIpc) is 3.64. The van der Waals surface area contributed by atoms with E-state index >= 15 is 0 Å². The number of nitrogens with zero attached hydrogens (tertiary/aromatic N) is 7. The van der Waals surface area contributed by atoms with Crippen molar-refractivity contribution >= 4 is 30.6 Å². The second kappa shape index (κ2) is 11.9. The van der Waals surface area contributed by atoms with Gasteiger partial charge in [-0.1, -0.05) is 11.8 Å². The summed E-state index contributed by atoms with van der Waals surface area (Å²) in [6.45, 7) is 3.38. The molecule has 16 heteroatoms. The number of aliphatic hydroxyl groups is 1. The van der Waals surface area contributed by atoms with Crippen LogP contribution in [0.3, 0.4) is 0 Å². The Morgan fingerprint density at radius 1 is 1.29 bits per heavy atom. The van der Waals surface area contributed by atoms with Crippen molar-refractivity contribution in [2.75, 3.05) is 52.7 Å². The molecule has 0 spiro atoms. The molecule has 0 amide bonds. The molecule has 5 atom stereocenters. The molecule has 0 saturated carbocycles. The van der Waals surface area contributed by atoms with Gasteiger partial charge in [-0.3, -0.25) is 14.2 Å². The van der Waals surface area contributed by atoms with E-state index in [1.54, 1.807) is 17.7 Å². The number of imidazole rings is 1. The number of hydrogen-bond acceptors (Lipinski definition) is 12. The number of ether oxygens (including phenoxy) is 2. The van der Waals surface area contributed by atoms with Gasteiger partial charge < -0.3 is 34.7 Å². The number of aromatic nitrogens is 5. The lowest BCUT2D eigenvalue weighted by Gasteiger charge is -2.35. The van der Waals surface area contributed by atoms with Crippen molar-refractivity contribution in [1.29, 1.82) is 0 Å². The lowest BCUT2D eigenvalue weighted by Crippen LogP contribution is -2.54. The minimum atomic E-state index is -4.23. The second-order valence-electron chi connectivity index (χ2n) is 10.1. The van der Waals surface area contributed by atoms with Crippen LogP contribution in [0.25, 0.3) is 11.0 Å². The number of fused-ring (bicyclic) bond motifs is 1. The second-order valence-corrected chi connectivity index (χ2v) is 11.8. The van der Waals surface area contributed by atoms with E-state index in [0.29, 0.717) is 29.0 Å². The Morgan fingerprint density at radius 2 is 2.10 bits per heavy atom. The van der Waals surface area contributed by atoms with Gasteiger partial charge in [0.15, 0.2) is 6.61 Å². The van der Waals surface area contributed by atoms with Crippen LogP contribution in [-0.4, -0.2) is 115 Å². The molecule has 2 fully saturated rings. The van der Waals surface area contributed by atoms with Gasteiger partial charge >= 0.3 is 13.7 Å². The number of piperazine rings is 1. The molecule has 3 aromatic rings. The average molecular weight is 589 g/mol. The van der Waals surface area contributed by atoms with E-state index in [9.17, 15) is 19.4 Å². The van der Waals surface area contributed by atoms with Crippen molar-refractivity contribution in [2.45, 2.75) is 37.8 Å². The maximum absolute atomic E-state index is 12.6. The number of aryl methyl sites for hydroxylation is 1. The number of esters is 1. The molecule has 41 heavy (non-hydrogen) atoms. The van der Waals surface area contributed by atoms with Crippen LogP contribution < -0.4 is 5.73 Å². The van der Waals surface area contributed by atoms with E-state index in [0.717, 1.165) is 17.4 Å². The summed E-state index contributed by atoms with van der Waals surface area (Å²) in [6.07, 6.45) is 3.34. The first kappa shape index (κ1) is 29.2. The van der Waals surface area contributed by atoms with Gasteiger partial charge in [-0.2, -0.15) is 0 Å². The van der Waals surface area contributed by atoms with E-state index < -0.39 is 26.2 Å². The number of aliphatic hydroxyl groups excluding tert-OH is 1. The summed E-state index contributed by atoms with van der Waals surface area (Å²) in [5.74, 6) is 6.04. The maximum Gasteiger partial charge on any atom is 0.437 e. The molecular formula is C25H33N8O7P. The molecule has 3 aromatic heterocycles. The monoisotopic (exact) mass is 588 g/mol. The van der Waals surface area contributed by atoms with Crippen molar-refractivity contribution in [3.05, 3.63) is 36.3 Å². The summed E-state index contributed by atoms with van der Waals surface area (Å²) in [5, 5.41) is 11.1. The number of hydrogen-bond donors (Lipinski definition) is 3. The number of likely N-dealkylation sites (N-methyl/N-ethyl adjacent to an activating group) is 2. The highest BCUT2D eigenvalue weighted by Gasteiger charge is 2.38. The lowest BCUT2D eigenvalue weighted by atomic mass is 10.2. The van der Waals surface area contributed by atoms with Crippen LogP contribution in [0.4, 0.5) is 5.82 Å². The van der Waals surface area contributed by atoms with E-state index in [-0.39, 0.29) is 37.5 Å². The van der Waals surface area contributed by atoms with Gasteiger partial charge in [0.05, 0.1) is 23.7 Å². The Morgan fingerprint density at radius 3 is 2.85 bits per heavy atom. The van der Waals surface area contributed by atoms with Gasteiger partial charge in [-0.15, -0.1) is 0 Å². The van der Waals surface area contributed by atoms with E-state index in [2.05, 4.69) is 31.7 Å². The number of carbonyl (C=O) groups is 1. The highest BCUT2D eigenvalue weighted by molar-refractivity contribution is 7.51. The third kappa shape index (κ3) is 6.14. The molecule has 0 radical (unpaired) electrons. The summed E-state index contributed by atoms with van der Waals surface area (Å²) in [7, 11) is -0.370. The van der Waals surface area contributed by atoms with Gasteiger partial charge in [-0.25, -0.2) is 23.9 Å². The Balaban J connectivity index is 1.28. The summed E-state index contributed by atoms with van der Waals surface area (Å²) in [5.41, 5.74) is 7.09. The minimum absolute atomic E-state index is 0.108. The maximum atomic E-state index is 12.6. The fraction of sp³-hybridized carbons (Fsp3) is 0.520. The highest BCUT2D eigenvalue weighted by atomic mass is 31.2. The molecule has 3 unspecified atom stereocenters. The molecule has 2 saturated heterocycles. The standard InChI is InChI=1S/C25H33N8O7P/c1-16-27-6-7-33(16)41(36,37)39-14-20-19(34)11-21(40-20)32-12-17(22-23(26)28-15-29-24(22)32)5-4-10-38-25(35)18-13-30(2)8-9-31(18)3/h6-7,12,15,18-21,34H,8-11,13-14H2,1-3H3,(H,36,37)(H2,26,28,29)/t18?,19?,20-,21-/m1/s1. The highest BCUT2D eigenvalue weighted by Crippen LogP contribution is 2.45. The molecule has 2 aliphatic heterocycles. The van der Waals surface area contributed by atoms with Crippen LogP contribution >= 0.6 is 7.75 Å².